The molecule has 1 saturated heterocycles. The molecule has 1 aliphatic heterocycles. The Bertz CT molecular complexity index is 777. The molecule has 0 atom stereocenters. The van der Waals surface area contributed by atoms with Gasteiger partial charge in [0, 0.05) is 50.1 Å². The van der Waals surface area contributed by atoms with Gasteiger partial charge in [0.15, 0.2) is 0 Å². The number of hydrogen-bond acceptors (Lipinski definition) is 5. The first-order valence-electron chi connectivity index (χ1n) is 8.06. The third-order valence-electron chi connectivity index (χ3n) is 4.09. The van der Waals surface area contributed by atoms with E-state index < -0.39 is 10.0 Å². The Kier molecular flexibility index (Phi) is 5.90. The van der Waals surface area contributed by atoms with Gasteiger partial charge >= 0.3 is 0 Å². The van der Waals surface area contributed by atoms with Crippen LogP contribution < -0.4 is 4.74 Å². The van der Waals surface area contributed by atoms with Crippen LogP contribution in [0.2, 0.25) is 5.02 Å². The van der Waals surface area contributed by atoms with Gasteiger partial charge in [-0.05, 0) is 36.4 Å². The van der Waals surface area contributed by atoms with Gasteiger partial charge in [-0.1, -0.05) is 11.6 Å². The molecule has 0 aliphatic carbocycles. The first-order valence-corrected chi connectivity index (χ1v) is 9.88. The largest absolute Gasteiger partial charge is 0.492 e. The van der Waals surface area contributed by atoms with E-state index in [-0.39, 0.29) is 4.90 Å². The third kappa shape index (κ3) is 4.70. The van der Waals surface area contributed by atoms with Crippen molar-refractivity contribution in [1.29, 1.82) is 0 Å². The lowest BCUT2D eigenvalue weighted by Crippen LogP contribution is -2.49. The van der Waals surface area contributed by atoms with Crippen LogP contribution in [0.1, 0.15) is 0 Å². The first kappa shape index (κ1) is 18.1. The highest BCUT2D eigenvalue weighted by atomic mass is 35.5. The van der Waals surface area contributed by atoms with E-state index in [9.17, 15) is 8.42 Å². The predicted octanol–water partition coefficient (Wildman–Crippen LogP) is 2.12. The van der Waals surface area contributed by atoms with E-state index in [0.29, 0.717) is 37.8 Å². The van der Waals surface area contributed by atoms with Crippen molar-refractivity contribution < 1.29 is 13.2 Å². The van der Waals surface area contributed by atoms with Crippen LogP contribution in [-0.4, -0.2) is 61.9 Å². The zero-order chi connectivity index (χ0) is 17.7. The van der Waals surface area contributed by atoms with E-state index in [0.717, 1.165) is 12.3 Å². The lowest BCUT2D eigenvalue weighted by Gasteiger charge is -2.33. The highest BCUT2D eigenvalue weighted by Gasteiger charge is 2.28. The van der Waals surface area contributed by atoms with Crippen LogP contribution in [-0.2, 0) is 10.0 Å². The number of aromatic nitrogens is 1. The number of nitrogens with zero attached hydrogens (tertiary/aromatic N) is 3. The molecule has 0 radical (unpaired) electrons. The monoisotopic (exact) mass is 381 g/mol. The summed E-state index contributed by atoms with van der Waals surface area (Å²) in [5.74, 6) is 0.780. The Morgan fingerprint density at radius 2 is 1.80 bits per heavy atom. The number of ether oxygens (including phenoxy) is 1. The number of benzene rings is 1. The molecule has 0 bridgehead atoms. The van der Waals surface area contributed by atoms with E-state index in [1.807, 2.05) is 12.1 Å². The Labute approximate surface area is 153 Å². The molecule has 0 spiro atoms. The van der Waals surface area contributed by atoms with Crippen molar-refractivity contribution in [2.24, 2.45) is 0 Å². The van der Waals surface area contributed by atoms with Gasteiger partial charge in [-0.15, -0.1) is 0 Å². The molecule has 1 aromatic heterocycles. The Morgan fingerprint density at radius 3 is 2.44 bits per heavy atom. The van der Waals surface area contributed by atoms with Crippen LogP contribution in [0.3, 0.4) is 0 Å². The van der Waals surface area contributed by atoms with Crippen molar-refractivity contribution in [2.45, 2.75) is 4.90 Å². The molecular weight excluding hydrogens is 362 g/mol. The molecule has 1 fully saturated rings. The second kappa shape index (κ2) is 8.14. The number of piperazine rings is 1. The summed E-state index contributed by atoms with van der Waals surface area (Å²) in [6.07, 6.45) is 2.96. The number of pyridine rings is 1. The van der Waals surface area contributed by atoms with Crippen LogP contribution in [0.4, 0.5) is 0 Å². The first-order chi connectivity index (χ1) is 12.1. The molecule has 0 amide bonds. The molecule has 2 aromatic rings. The van der Waals surface area contributed by atoms with Gasteiger partial charge in [0.25, 0.3) is 0 Å². The van der Waals surface area contributed by atoms with E-state index in [2.05, 4.69) is 9.88 Å². The molecule has 6 nitrogen and oxygen atoms in total. The van der Waals surface area contributed by atoms with Crippen molar-refractivity contribution in [3.63, 3.8) is 0 Å². The van der Waals surface area contributed by atoms with Crippen LogP contribution in [0.5, 0.6) is 5.75 Å². The van der Waals surface area contributed by atoms with Crippen LogP contribution >= 0.6 is 11.6 Å². The summed E-state index contributed by atoms with van der Waals surface area (Å²) < 4.78 is 32.3. The Morgan fingerprint density at radius 1 is 1.08 bits per heavy atom. The molecule has 25 heavy (non-hydrogen) atoms. The molecule has 0 saturated carbocycles. The number of halogens is 1. The SMILES string of the molecule is O=S(=O)(c1cccnc1)N1CCN(CCOc2ccc(Cl)cc2)CC1. The molecule has 1 aromatic carbocycles. The molecular formula is C17H20ClN3O3S. The standard InChI is InChI=1S/C17H20ClN3O3S/c18-15-3-5-16(6-4-15)24-13-12-20-8-10-21(11-9-20)25(22,23)17-2-1-7-19-14-17/h1-7,14H,8-13H2. The molecule has 1 aliphatic rings. The molecule has 2 heterocycles. The zero-order valence-electron chi connectivity index (χ0n) is 13.7. The highest BCUT2D eigenvalue weighted by Crippen LogP contribution is 2.17. The maximum Gasteiger partial charge on any atom is 0.244 e. The Hall–Kier alpha value is -1.67. The summed E-state index contributed by atoms with van der Waals surface area (Å²) in [7, 11) is -3.45. The van der Waals surface area contributed by atoms with Crippen molar-refractivity contribution in [3.8, 4) is 5.75 Å². The van der Waals surface area contributed by atoms with Crippen LogP contribution in [0, 0.1) is 0 Å². The predicted molar refractivity (Wildman–Crippen MR) is 96.4 cm³/mol. The maximum absolute atomic E-state index is 12.6. The van der Waals surface area contributed by atoms with Crippen LogP contribution in [0.25, 0.3) is 0 Å². The van der Waals surface area contributed by atoms with E-state index in [1.165, 1.54) is 10.5 Å². The van der Waals surface area contributed by atoms with E-state index in [1.54, 1.807) is 30.5 Å². The van der Waals surface area contributed by atoms with Crippen molar-refractivity contribution >= 4 is 21.6 Å². The minimum absolute atomic E-state index is 0.245. The average Bonchev–Trinajstić information content (AvgIpc) is 2.64. The molecule has 0 N–H and O–H groups in total. The minimum atomic E-state index is -3.45. The molecule has 134 valence electrons. The fraction of sp³-hybridized carbons (Fsp3) is 0.353. The summed E-state index contributed by atoms with van der Waals surface area (Å²) in [5, 5.41) is 0.679. The summed E-state index contributed by atoms with van der Waals surface area (Å²) in [6, 6.07) is 10.5. The quantitative estimate of drug-likeness (QED) is 0.767. The number of sulfonamides is 1. The van der Waals surface area contributed by atoms with Gasteiger partial charge in [0.05, 0.1) is 0 Å². The summed E-state index contributed by atoms with van der Waals surface area (Å²) in [5.41, 5.74) is 0. The smallest absolute Gasteiger partial charge is 0.244 e. The second-order valence-corrected chi connectivity index (χ2v) is 8.11. The fourth-order valence-electron chi connectivity index (χ4n) is 2.67. The topological polar surface area (TPSA) is 62.7 Å². The summed E-state index contributed by atoms with van der Waals surface area (Å²) in [6.45, 7) is 3.61. The average molecular weight is 382 g/mol. The molecule has 0 unspecified atom stereocenters. The van der Waals surface area contributed by atoms with E-state index in [4.69, 9.17) is 16.3 Å². The van der Waals surface area contributed by atoms with Crippen molar-refractivity contribution in [3.05, 3.63) is 53.8 Å². The lowest BCUT2D eigenvalue weighted by atomic mass is 10.3. The summed E-state index contributed by atoms with van der Waals surface area (Å²) >= 11 is 5.84. The maximum atomic E-state index is 12.6. The summed E-state index contributed by atoms with van der Waals surface area (Å²) in [4.78, 5) is 6.34. The number of rotatable bonds is 6. The lowest BCUT2D eigenvalue weighted by molar-refractivity contribution is 0.159. The van der Waals surface area contributed by atoms with Gasteiger partial charge < -0.3 is 4.74 Å². The zero-order valence-corrected chi connectivity index (χ0v) is 15.3. The number of hydrogen-bond donors (Lipinski definition) is 0. The third-order valence-corrected chi connectivity index (χ3v) is 6.23. The van der Waals surface area contributed by atoms with E-state index >= 15 is 0 Å². The van der Waals surface area contributed by atoms with Gasteiger partial charge in [-0.25, -0.2) is 8.42 Å². The molecule has 3 rings (SSSR count). The van der Waals surface area contributed by atoms with Crippen molar-refractivity contribution in [1.82, 2.24) is 14.2 Å². The normalized spacial score (nSPS) is 16.7. The van der Waals surface area contributed by atoms with Gasteiger partial charge in [0.1, 0.15) is 17.3 Å². The fourth-order valence-corrected chi connectivity index (χ4v) is 4.18. The van der Waals surface area contributed by atoms with Gasteiger partial charge in [-0.3, -0.25) is 9.88 Å². The Balaban J connectivity index is 1.46. The van der Waals surface area contributed by atoms with Crippen molar-refractivity contribution in [2.75, 3.05) is 39.3 Å². The van der Waals surface area contributed by atoms with Gasteiger partial charge in [-0.2, -0.15) is 4.31 Å². The second-order valence-electron chi connectivity index (χ2n) is 5.74. The van der Waals surface area contributed by atoms with Gasteiger partial charge in [0.2, 0.25) is 10.0 Å². The molecule has 8 heteroatoms. The van der Waals surface area contributed by atoms with Crippen LogP contribution in [0.15, 0.2) is 53.7 Å². The minimum Gasteiger partial charge on any atom is -0.492 e. The highest BCUT2D eigenvalue weighted by molar-refractivity contribution is 7.89.